The number of hydrogen-bond donors (Lipinski definition) is 1. The topological polar surface area (TPSA) is 96.6 Å². The molecule has 1 aliphatic heterocycles. The fourth-order valence-electron chi connectivity index (χ4n) is 5.49. The smallest absolute Gasteiger partial charge is 0.175 e. The molecule has 1 aliphatic carbocycles. The molecule has 0 saturated carbocycles. The van der Waals surface area contributed by atoms with E-state index >= 15 is 0 Å². The van der Waals surface area contributed by atoms with E-state index in [0.717, 1.165) is 50.0 Å². The minimum Gasteiger partial charge on any atom is -0.312 e. The van der Waals surface area contributed by atoms with Crippen molar-refractivity contribution in [2.45, 2.75) is 51.9 Å². The van der Waals surface area contributed by atoms with Crippen LogP contribution in [0.3, 0.4) is 0 Å². The van der Waals surface area contributed by atoms with E-state index in [1.165, 1.54) is 39.9 Å². The highest BCUT2D eigenvalue weighted by Gasteiger charge is 2.30. The molecule has 8 nitrogen and oxygen atoms in total. The summed E-state index contributed by atoms with van der Waals surface area (Å²) in [7, 11) is 3.96. The van der Waals surface area contributed by atoms with Crippen LogP contribution in [-0.2, 0) is 26.9 Å². The molecule has 2 aliphatic rings. The predicted molar refractivity (Wildman–Crippen MR) is 155 cm³/mol. The van der Waals surface area contributed by atoms with E-state index in [9.17, 15) is 0 Å². The number of allylic oxidation sites excluding steroid dienone is 2. The van der Waals surface area contributed by atoms with Gasteiger partial charge in [0.25, 0.3) is 0 Å². The lowest BCUT2D eigenvalue weighted by Gasteiger charge is -2.26. The predicted octanol–water partition coefficient (Wildman–Crippen LogP) is 5.50. The second kappa shape index (κ2) is 11.2. The number of aromatic nitrogens is 4. The van der Waals surface area contributed by atoms with Crippen LogP contribution in [-0.4, -0.2) is 50.6 Å². The summed E-state index contributed by atoms with van der Waals surface area (Å²) in [6.45, 7) is 5.05. The molecule has 196 valence electrons. The van der Waals surface area contributed by atoms with Crippen molar-refractivity contribution in [3.05, 3.63) is 70.2 Å². The molecule has 1 aromatic carbocycles. The molecule has 0 saturated heterocycles. The van der Waals surface area contributed by atoms with Crippen LogP contribution in [0.1, 0.15) is 67.1 Å². The van der Waals surface area contributed by atoms with E-state index < -0.39 is 0 Å². The van der Waals surface area contributed by atoms with Gasteiger partial charge in [0, 0.05) is 70.0 Å². The van der Waals surface area contributed by atoms with Gasteiger partial charge in [-0.2, -0.15) is 10.2 Å². The lowest BCUT2D eigenvalue weighted by atomic mass is 9.79. The first kappa shape index (κ1) is 25.7. The number of fused-ring (bicyclic) bond motifs is 2. The van der Waals surface area contributed by atoms with Crippen LogP contribution in [0.4, 0.5) is 5.82 Å². The normalized spacial score (nSPS) is 19.4. The van der Waals surface area contributed by atoms with Gasteiger partial charge in [0.2, 0.25) is 0 Å². The van der Waals surface area contributed by atoms with E-state index in [1.54, 1.807) is 4.68 Å². The minimum atomic E-state index is -0.103. The quantitative estimate of drug-likeness (QED) is 0.427. The van der Waals surface area contributed by atoms with E-state index in [2.05, 4.69) is 53.0 Å². The number of benzene rings is 1. The summed E-state index contributed by atoms with van der Waals surface area (Å²) in [5.74, 6) is 1.81. The van der Waals surface area contributed by atoms with Crippen LogP contribution in [0.2, 0.25) is 0 Å². The molecule has 3 aromatic rings. The van der Waals surface area contributed by atoms with Crippen molar-refractivity contribution >= 4 is 35.9 Å². The zero-order valence-electron chi connectivity index (χ0n) is 22.7. The van der Waals surface area contributed by atoms with Gasteiger partial charge >= 0.3 is 0 Å². The van der Waals surface area contributed by atoms with Gasteiger partial charge in [-0.15, -0.1) is 0 Å². The molecule has 0 amide bonds. The second-order valence-corrected chi connectivity index (χ2v) is 10.2. The standard InChI is InChI=1S/C30H36N8/c1-5-32-18-24(17-31)22-8-6-7-21(15-22)16-26-30-25(35-38(26)4)11-10-23-19-33-27(12-9-20(2)29(23)30)34-28-13-14-37(3)36-28/h6-8,13-15,17-20,24,31H,5,9-12,16H2,1-4H3. The summed E-state index contributed by atoms with van der Waals surface area (Å²) in [5, 5.41) is 17.2. The Bertz CT molecular complexity index is 1450. The van der Waals surface area contributed by atoms with E-state index in [-0.39, 0.29) is 5.92 Å². The lowest BCUT2D eigenvalue weighted by Crippen LogP contribution is -2.16. The van der Waals surface area contributed by atoms with Gasteiger partial charge in [0.15, 0.2) is 5.82 Å². The highest BCUT2D eigenvalue weighted by Crippen LogP contribution is 2.40. The molecule has 0 bridgehead atoms. The fourth-order valence-corrected chi connectivity index (χ4v) is 5.49. The fraction of sp³-hybridized carbons (Fsp3) is 0.400. The molecule has 0 fully saturated rings. The van der Waals surface area contributed by atoms with Crippen LogP contribution >= 0.6 is 0 Å². The maximum absolute atomic E-state index is 7.88. The number of hydrogen-bond acceptors (Lipinski definition) is 5. The summed E-state index contributed by atoms with van der Waals surface area (Å²) in [6.07, 6.45) is 11.7. The number of nitrogens with one attached hydrogen (secondary N) is 1. The van der Waals surface area contributed by atoms with Crippen molar-refractivity contribution < 1.29 is 0 Å². The number of rotatable bonds is 7. The molecule has 0 spiro atoms. The van der Waals surface area contributed by atoms with Gasteiger partial charge in [-0.25, -0.2) is 9.98 Å². The Kier molecular flexibility index (Phi) is 7.58. The largest absolute Gasteiger partial charge is 0.312 e. The van der Waals surface area contributed by atoms with Gasteiger partial charge in [-0.3, -0.25) is 14.4 Å². The molecular weight excluding hydrogens is 472 g/mol. The second-order valence-electron chi connectivity index (χ2n) is 10.2. The first-order valence-electron chi connectivity index (χ1n) is 13.5. The van der Waals surface area contributed by atoms with Crippen LogP contribution < -0.4 is 0 Å². The highest BCUT2D eigenvalue weighted by molar-refractivity contribution is 6.01. The average Bonchev–Trinajstić information content (AvgIpc) is 3.46. The lowest BCUT2D eigenvalue weighted by molar-refractivity contribution is 0.672. The van der Waals surface area contributed by atoms with Gasteiger partial charge in [0.05, 0.1) is 17.3 Å². The van der Waals surface area contributed by atoms with Crippen molar-refractivity contribution in [1.29, 1.82) is 5.41 Å². The number of aliphatic imine (C=N–C) groups is 3. The van der Waals surface area contributed by atoms with E-state index in [4.69, 9.17) is 20.5 Å². The average molecular weight is 509 g/mol. The molecule has 3 heterocycles. The third kappa shape index (κ3) is 5.35. The zero-order valence-corrected chi connectivity index (χ0v) is 22.7. The summed E-state index contributed by atoms with van der Waals surface area (Å²) in [5.41, 5.74) is 8.72. The van der Waals surface area contributed by atoms with Crippen LogP contribution in [0.25, 0.3) is 5.57 Å². The maximum atomic E-state index is 7.88. The number of nitrogens with zero attached hydrogens (tertiary/aromatic N) is 7. The Balaban J connectivity index is 1.49. The van der Waals surface area contributed by atoms with E-state index in [0.29, 0.717) is 11.7 Å². The Morgan fingerprint density at radius 2 is 2.03 bits per heavy atom. The first-order valence-corrected chi connectivity index (χ1v) is 13.5. The molecular formula is C30H36N8. The third-order valence-electron chi connectivity index (χ3n) is 7.43. The zero-order chi connectivity index (χ0) is 26.6. The molecule has 1 N–H and O–H groups in total. The Morgan fingerprint density at radius 1 is 1.16 bits per heavy atom. The summed E-state index contributed by atoms with van der Waals surface area (Å²) >= 11 is 0. The SMILES string of the molecule is CCN=CC(C=N)c1cccc(Cc2c3c(nn2C)CCC2=C3C(C)CCC(=Nc3ccn(C)n3)N=C2)c1. The Labute approximate surface area is 224 Å². The Morgan fingerprint density at radius 3 is 2.79 bits per heavy atom. The monoisotopic (exact) mass is 508 g/mol. The molecule has 8 heteroatoms. The molecule has 2 aromatic heterocycles. The van der Waals surface area contributed by atoms with Crippen molar-refractivity contribution in [1.82, 2.24) is 19.6 Å². The molecule has 38 heavy (non-hydrogen) atoms. The van der Waals surface area contributed by atoms with Crippen LogP contribution in [0.5, 0.6) is 0 Å². The highest BCUT2D eigenvalue weighted by atomic mass is 15.3. The number of aryl methyl sites for hydroxylation is 3. The van der Waals surface area contributed by atoms with Gasteiger partial charge in [-0.05, 0) is 54.4 Å². The van der Waals surface area contributed by atoms with Crippen LogP contribution in [0.15, 0.2) is 57.1 Å². The molecule has 5 rings (SSSR count). The molecule has 2 unspecified atom stereocenters. The van der Waals surface area contributed by atoms with Crippen LogP contribution in [0, 0.1) is 11.3 Å². The van der Waals surface area contributed by atoms with Crippen molar-refractivity contribution in [3.63, 3.8) is 0 Å². The maximum Gasteiger partial charge on any atom is 0.175 e. The van der Waals surface area contributed by atoms with Gasteiger partial charge in [0.1, 0.15) is 5.84 Å². The Hall–Kier alpha value is -3.94. The minimum absolute atomic E-state index is 0.103. The summed E-state index contributed by atoms with van der Waals surface area (Å²) in [4.78, 5) is 13.9. The number of amidine groups is 1. The van der Waals surface area contributed by atoms with Crippen molar-refractivity contribution in [3.8, 4) is 0 Å². The molecule has 0 radical (unpaired) electrons. The summed E-state index contributed by atoms with van der Waals surface area (Å²) in [6, 6.07) is 10.5. The van der Waals surface area contributed by atoms with Gasteiger partial charge in [-0.1, -0.05) is 31.2 Å². The van der Waals surface area contributed by atoms with Crippen molar-refractivity contribution in [2.24, 2.45) is 35.0 Å². The van der Waals surface area contributed by atoms with Crippen molar-refractivity contribution in [2.75, 3.05) is 6.54 Å². The third-order valence-corrected chi connectivity index (χ3v) is 7.43. The first-order chi connectivity index (χ1) is 18.5. The summed E-state index contributed by atoms with van der Waals surface area (Å²) < 4.78 is 3.83. The van der Waals surface area contributed by atoms with Gasteiger partial charge < -0.3 is 5.41 Å². The van der Waals surface area contributed by atoms with E-state index in [1.807, 2.05) is 38.7 Å². The molecule has 2 atom stereocenters.